The van der Waals surface area contributed by atoms with Crippen molar-refractivity contribution in [3.63, 3.8) is 0 Å². The largest absolute Gasteiger partial charge is 0.471 e. The van der Waals surface area contributed by atoms with Gasteiger partial charge in [0.1, 0.15) is 12.2 Å². The van der Waals surface area contributed by atoms with Crippen LogP contribution in [-0.2, 0) is 11.3 Å². The summed E-state index contributed by atoms with van der Waals surface area (Å²) in [5.74, 6) is -0.291. The number of esters is 1. The fourth-order valence-electron chi connectivity index (χ4n) is 1.37. The highest BCUT2D eigenvalue weighted by molar-refractivity contribution is 7.09. The lowest BCUT2D eigenvalue weighted by atomic mass is 10.2. The van der Waals surface area contributed by atoms with Gasteiger partial charge in [-0.2, -0.15) is 0 Å². The van der Waals surface area contributed by atoms with Crippen LogP contribution >= 0.6 is 11.3 Å². The first-order valence-corrected chi connectivity index (χ1v) is 6.07. The van der Waals surface area contributed by atoms with Gasteiger partial charge in [0.25, 0.3) is 0 Å². The second-order valence-corrected chi connectivity index (χ2v) is 4.51. The van der Waals surface area contributed by atoms with Crippen LogP contribution in [0.2, 0.25) is 0 Å². The van der Waals surface area contributed by atoms with Gasteiger partial charge in [-0.15, -0.1) is 11.3 Å². The molecule has 0 amide bonds. The molecule has 18 heavy (non-hydrogen) atoms. The molecular weight excluding hydrogens is 252 g/mol. The minimum absolute atomic E-state index is 0.226. The molecule has 0 aliphatic heterocycles. The highest BCUT2D eigenvalue weighted by Gasteiger charge is 2.15. The Morgan fingerprint density at radius 3 is 3.06 bits per heavy atom. The maximum Gasteiger partial charge on any atom is 0.343 e. The van der Waals surface area contributed by atoms with E-state index < -0.39 is 5.97 Å². The summed E-state index contributed by atoms with van der Waals surface area (Å²) in [6.45, 7) is 0.360. The molecule has 94 valence electrons. The van der Waals surface area contributed by atoms with E-state index in [1.807, 2.05) is 17.5 Å². The molecule has 2 N–H and O–H groups in total. The Hall–Kier alpha value is -2.08. The SMILES string of the molecule is COC(=O)c1cc(N)cnc1OCc1cccs1. The van der Waals surface area contributed by atoms with Crippen LogP contribution in [-0.4, -0.2) is 18.1 Å². The van der Waals surface area contributed by atoms with Gasteiger partial charge in [0.2, 0.25) is 5.88 Å². The number of hydrogen-bond acceptors (Lipinski definition) is 6. The molecule has 5 nitrogen and oxygen atoms in total. The molecule has 0 aliphatic rings. The van der Waals surface area contributed by atoms with Gasteiger partial charge in [0, 0.05) is 4.88 Å². The Bertz CT molecular complexity index is 540. The Labute approximate surface area is 108 Å². The number of nitrogen functional groups attached to an aromatic ring is 1. The molecule has 2 heterocycles. The number of thiophene rings is 1. The van der Waals surface area contributed by atoms with E-state index in [9.17, 15) is 4.79 Å². The summed E-state index contributed by atoms with van der Waals surface area (Å²) in [5, 5.41) is 1.95. The zero-order valence-electron chi connectivity index (χ0n) is 9.75. The van der Waals surface area contributed by atoms with Crippen molar-refractivity contribution in [1.82, 2.24) is 4.98 Å². The predicted molar refractivity (Wildman–Crippen MR) is 68.6 cm³/mol. The first-order chi connectivity index (χ1) is 8.70. The van der Waals surface area contributed by atoms with Gasteiger partial charge >= 0.3 is 5.97 Å². The fraction of sp³-hybridized carbons (Fsp3) is 0.167. The number of methoxy groups -OCH3 is 1. The molecule has 0 saturated carbocycles. The molecule has 2 aromatic heterocycles. The zero-order chi connectivity index (χ0) is 13.0. The zero-order valence-corrected chi connectivity index (χ0v) is 10.6. The number of anilines is 1. The van der Waals surface area contributed by atoms with E-state index >= 15 is 0 Å². The third kappa shape index (κ3) is 2.78. The molecule has 0 fully saturated rings. The summed E-state index contributed by atoms with van der Waals surface area (Å²) in [7, 11) is 1.30. The van der Waals surface area contributed by atoms with Crippen LogP contribution in [0, 0.1) is 0 Å². The van der Waals surface area contributed by atoms with Crippen molar-refractivity contribution in [3.8, 4) is 5.88 Å². The first kappa shape index (κ1) is 12.4. The molecule has 0 atom stereocenters. The van der Waals surface area contributed by atoms with Gasteiger partial charge in [-0.1, -0.05) is 6.07 Å². The highest BCUT2D eigenvalue weighted by Crippen LogP contribution is 2.21. The molecule has 0 aliphatic carbocycles. The molecular formula is C12H12N2O3S. The van der Waals surface area contributed by atoms with Gasteiger partial charge in [0.05, 0.1) is 19.0 Å². The van der Waals surface area contributed by atoms with Crippen LogP contribution in [0.25, 0.3) is 0 Å². The van der Waals surface area contributed by atoms with Crippen LogP contribution in [0.1, 0.15) is 15.2 Å². The second-order valence-electron chi connectivity index (χ2n) is 3.48. The quantitative estimate of drug-likeness (QED) is 0.856. The Balaban J connectivity index is 2.18. The van der Waals surface area contributed by atoms with Crippen molar-refractivity contribution < 1.29 is 14.3 Å². The number of ether oxygens (including phenoxy) is 2. The molecule has 0 aromatic carbocycles. The molecule has 0 saturated heterocycles. The summed E-state index contributed by atoms with van der Waals surface area (Å²) in [6, 6.07) is 5.36. The predicted octanol–water partition coefficient (Wildman–Crippen LogP) is 2.09. The standard InChI is InChI=1S/C12H12N2O3S/c1-16-12(15)10-5-8(13)6-14-11(10)17-7-9-3-2-4-18-9/h2-6H,7,13H2,1H3. The van der Waals surface area contributed by atoms with E-state index in [0.717, 1.165) is 4.88 Å². The molecule has 2 rings (SSSR count). The lowest BCUT2D eigenvalue weighted by Gasteiger charge is -2.08. The molecule has 2 aromatic rings. The average Bonchev–Trinajstić information content (AvgIpc) is 2.89. The van der Waals surface area contributed by atoms with Crippen molar-refractivity contribution in [1.29, 1.82) is 0 Å². The van der Waals surface area contributed by atoms with Gasteiger partial charge in [-0.3, -0.25) is 0 Å². The minimum atomic E-state index is -0.518. The number of nitrogens with zero attached hydrogens (tertiary/aromatic N) is 1. The van der Waals surface area contributed by atoms with Crippen molar-refractivity contribution in [2.75, 3.05) is 12.8 Å². The van der Waals surface area contributed by atoms with E-state index in [2.05, 4.69) is 9.72 Å². The summed E-state index contributed by atoms with van der Waals surface area (Å²) >= 11 is 1.57. The van der Waals surface area contributed by atoms with E-state index in [-0.39, 0.29) is 11.4 Å². The molecule has 0 bridgehead atoms. The Morgan fingerprint density at radius 1 is 1.56 bits per heavy atom. The topological polar surface area (TPSA) is 74.4 Å². The number of aromatic nitrogens is 1. The monoisotopic (exact) mass is 264 g/mol. The maximum absolute atomic E-state index is 11.6. The van der Waals surface area contributed by atoms with E-state index in [1.54, 1.807) is 11.3 Å². The van der Waals surface area contributed by atoms with Crippen LogP contribution < -0.4 is 10.5 Å². The lowest BCUT2D eigenvalue weighted by molar-refractivity contribution is 0.0594. The Morgan fingerprint density at radius 2 is 2.39 bits per heavy atom. The van der Waals surface area contributed by atoms with Gasteiger partial charge in [-0.05, 0) is 17.5 Å². The smallest absolute Gasteiger partial charge is 0.343 e. The highest BCUT2D eigenvalue weighted by atomic mass is 32.1. The summed E-state index contributed by atoms with van der Waals surface area (Å²) in [5.41, 5.74) is 6.21. The van der Waals surface area contributed by atoms with Gasteiger partial charge in [-0.25, -0.2) is 9.78 Å². The third-order valence-corrected chi connectivity index (χ3v) is 3.06. The van der Waals surface area contributed by atoms with Crippen LogP contribution in [0.4, 0.5) is 5.69 Å². The fourth-order valence-corrected chi connectivity index (χ4v) is 1.99. The van der Waals surface area contributed by atoms with Gasteiger partial charge in [0.15, 0.2) is 0 Å². The number of hydrogen-bond donors (Lipinski definition) is 1. The third-order valence-electron chi connectivity index (χ3n) is 2.21. The van der Waals surface area contributed by atoms with Crippen molar-refractivity contribution in [2.24, 2.45) is 0 Å². The average molecular weight is 264 g/mol. The molecule has 6 heteroatoms. The van der Waals surface area contributed by atoms with Crippen molar-refractivity contribution in [2.45, 2.75) is 6.61 Å². The number of pyridine rings is 1. The normalized spacial score (nSPS) is 10.1. The van der Waals surface area contributed by atoms with Crippen LogP contribution in [0.15, 0.2) is 29.8 Å². The maximum atomic E-state index is 11.6. The van der Waals surface area contributed by atoms with Crippen LogP contribution in [0.5, 0.6) is 5.88 Å². The summed E-state index contributed by atoms with van der Waals surface area (Å²) in [6.07, 6.45) is 1.44. The minimum Gasteiger partial charge on any atom is -0.471 e. The molecule has 0 radical (unpaired) electrons. The van der Waals surface area contributed by atoms with Crippen molar-refractivity contribution in [3.05, 3.63) is 40.2 Å². The Kier molecular flexibility index (Phi) is 3.78. The van der Waals surface area contributed by atoms with Crippen LogP contribution in [0.3, 0.4) is 0 Å². The number of carbonyl (C=O) groups is 1. The van der Waals surface area contributed by atoms with E-state index in [0.29, 0.717) is 12.3 Å². The lowest BCUT2D eigenvalue weighted by Crippen LogP contribution is -2.08. The second kappa shape index (κ2) is 5.50. The molecule has 0 spiro atoms. The number of rotatable bonds is 4. The summed E-state index contributed by atoms with van der Waals surface area (Å²) < 4.78 is 10.2. The van der Waals surface area contributed by atoms with Gasteiger partial charge < -0.3 is 15.2 Å². The number of carbonyl (C=O) groups excluding carboxylic acids is 1. The van der Waals surface area contributed by atoms with E-state index in [1.165, 1.54) is 19.4 Å². The van der Waals surface area contributed by atoms with Crippen molar-refractivity contribution >= 4 is 23.0 Å². The van der Waals surface area contributed by atoms with E-state index in [4.69, 9.17) is 10.5 Å². The first-order valence-electron chi connectivity index (χ1n) is 5.19. The molecule has 0 unspecified atom stereocenters. The summed E-state index contributed by atoms with van der Waals surface area (Å²) in [4.78, 5) is 16.6. The number of nitrogens with two attached hydrogens (primary N) is 1.